The molecule has 2 fully saturated rings. The van der Waals surface area contributed by atoms with Crippen molar-refractivity contribution in [2.45, 2.75) is 75.2 Å². The first kappa shape index (κ1) is 23.6. The molecule has 1 saturated carbocycles. The number of amides is 1. The zero-order valence-electron chi connectivity index (χ0n) is 22.3. The van der Waals surface area contributed by atoms with E-state index in [0.717, 1.165) is 35.4 Å². The fourth-order valence-electron chi connectivity index (χ4n) is 8.13. The standard InChI is InChI=1S/C31H34N2O6/c1-16(2)32-29(35)20-13-31(36)24-12-19-5-7-21(34)27-26(19)30(31,9-10-33(24)14-17-3-4-17)28(39-27)25(20)18-6-8-22-23(11-18)38-15-37-22/h5-8,11,16-17,24,28,34,36H,3-4,9-10,12-15H2,1-2H3,(H,32,35)/t24-,28+,30+,31-/m1/s1. The Kier molecular flexibility index (Phi) is 4.80. The zero-order valence-corrected chi connectivity index (χ0v) is 22.3. The predicted octanol–water partition coefficient (Wildman–Crippen LogP) is 3.27. The lowest BCUT2D eigenvalue weighted by molar-refractivity contribution is -0.163. The third kappa shape index (κ3) is 3.10. The third-order valence-electron chi connectivity index (χ3n) is 9.92. The van der Waals surface area contributed by atoms with Crippen molar-refractivity contribution in [1.82, 2.24) is 10.2 Å². The summed E-state index contributed by atoms with van der Waals surface area (Å²) in [6, 6.07) is 9.24. The Bertz CT molecular complexity index is 1450. The number of carbonyl (C=O) groups excluding carboxylic acids is 1. The van der Waals surface area contributed by atoms with Gasteiger partial charge in [-0.15, -0.1) is 0 Å². The fourth-order valence-corrected chi connectivity index (χ4v) is 8.13. The highest BCUT2D eigenvalue weighted by molar-refractivity contribution is 6.04. The van der Waals surface area contributed by atoms with Gasteiger partial charge in [0.2, 0.25) is 12.7 Å². The van der Waals surface area contributed by atoms with E-state index in [2.05, 4.69) is 10.2 Å². The quantitative estimate of drug-likeness (QED) is 0.546. The highest BCUT2D eigenvalue weighted by atomic mass is 16.7. The summed E-state index contributed by atoms with van der Waals surface area (Å²) in [4.78, 5) is 16.4. The van der Waals surface area contributed by atoms with E-state index in [1.54, 1.807) is 6.07 Å². The summed E-state index contributed by atoms with van der Waals surface area (Å²) in [5.41, 5.74) is 2.17. The van der Waals surface area contributed by atoms with E-state index in [0.29, 0.717) is 41.6 Å². The molecule has 2 aromatic carbocycles. The number of hydrogen-bond donors (Lipinski definition) is 3. The maximum Gasteiger partial charge on any atom is 0.247 e. The number of likely N-dealkylation sites (tertiary alicyclic amines) is 1. The monoisotopic (exact) mass is 530 g/mol. The van der Waals surface area contributed by atoms with E-state index in [9.17, 15) is 15.0 Å². The van der Waals surface area contributed by atoms with Gasteiger partial charge >= 0.3 is 0 Å². The van der Waals surface area contributed by atoms with Crippen molar-refractivity contribution in [3.8, 4) is 23.0 Å². The van der Waals surface area contributed by atoms with Crippen molar-refractivity contribution >= 4 is 11.5 Å². The molecule has 1 saturated heterocycles. The SMILES string of the molecule is CC(C)NC(=O)C1=C(c2ccc3c(c2)OCO3)[C@@H]2Oc3c(O)ccc4c3[C@@]23CCN(CC2CC2)[C@H](C4)[C@]3(O)C1. The summed E-state index contributed by atoms with van der Waals surface area (Å²) in [5.74, 6) is 2.32. The second-order valence-corrected chi connectivity index (χ2v) is 12.5. The molecule has 0 unspecified atom stereocenters. The fraction of sp³-hybridized carbons (Fsp3) is 0.516. The lowest BCUT2D eigenvalue weighted by Gasteiger charge is -2.63. The van der Waals surface area contributed by atoms with Crippen LogP contribution >= 0.6 is 0 Å². The number of ether oxygens (including phenoxy) is 3. The molecule has 1 amide bonds. The number of phenols is 1. The van der Waals surface area contributed by atoms with Crippen LogP contribution in [0.2, 0.25) is 0 Å². The molecule has 8 heteroatoms. The van der Waals surface area contributed by atoms with Crippen LogP contribution in [-0.4, -0.2) is 64.7 Å². The van der Waals surface area contributed by atoms with E-state index < -0.39 is 17.1 Å². The van der Waals surface area contributed by atoms with Gasteiger partial charge in [-0.1, -0.05) is 12.1 Å². The summed E-state index contributed by atoms with van der Waals surface area (Å²) < 4.78 is 18.0. The van der Waals surface area contributed by atoms with Crippen LogP contribution in [-0.2, 0) is 16.6 Å². The average Bonchev–Trinajstić information content (AvgIpc) is 3.46. The Morgan fingerprint density at radius 2 is 2.00 bits per heavy atom. The van der Waals surface area contributed by atoms with Crippen LogP contribution in [0.1, 0.15) is 56.2 Å². The van der Waals surface area contributed by atoms with Crippen molar-refractivity contribution in [1.29, 1.82) is 0 Å². The molecular formula is C31H34N2O6. The second kappa shape index (κ2) is 7.92. The molecule has 2 aromatic rings. The van der Waals surface area contributed by atoms with Crippen LogP contribution in [0.4, 0.5) is 0 Å². The minimum absolute atomic E-state index is 0.0666. The number of hydrogen-bond acceptors (Lipinski definition) is 7. The molecule has 1 spiro atoms. The number of aromatic hydroxyl groups is 1. The highest BCUT2D eigenvalue weighted by Crippen LogP contribution is 2.67. The van der Waals surface area contributed by atoms with Crippen LogP contribution in [0.25, 0.3) is 5.57 Å². The van der Waals surface area contributed by atoms with Gasteiger partial charge in [0.1, 0.15) is 6.10 Å². The molecule has 204 valence electrons. The van der Waals surface area contributed by atoms with Crippen molar-refractivity contribution in [3.05, 3.63) is 52.6 Å². The molecule has 3 aliphatic heterocycles. The largest absolute Gasteiger partial charge is 0.504 e. The Morgan fingerprint density at radius 1 is 1.18 bits per heavy atom. The van der Waals surface area contributed by atoms with Gasteiger partial charge in [0.05, 0.1) is 11.0 Å². The smallest absolute Gasteiger partial charge is 0.247 e. The molecule has 3 aliphatic carbocycles. The molecule has 0 radical (unpaired) electrons. The number of nitrogens with zero attached hydrogens (tertiary/aromatic N) is 1. The summed E-state index contributed by atoms with van der Waals surface area (Å²) in [7, 11) is 0. The molecular weight excluding hydrogens is 496 g/mol. The first-order chi connectivity index (χ1) is 18.8. The van der Waals surface area contributed by atoms with E-state index >= 15 is 0 Å². The predicted molar refractivity (Wildman–Crippen MR) is 143 cm³/mol. The zero-order chi connectivity index (χ0) is 26.7. The minimum Gasteiger partial charge on any atom is -0.504 e. The molecule has 2 bridgehead atoms. The van der Waals surface area contributed by atoms with Crippen LogP contribution in [0, 0.1) is 5.92 Å². The molecule has 0 aromatic heterocycles. The first-order valence-corrected chi connectivity index (χ1v) is 14.2. The van der Waals surface area contributed by atoms with E-state index in [1.165, 1.54) is 12.8 Å². The van der Waals surface area contributed by atoms with Gasteiger partial charge in [-0.3, -0.25) is 9.69 Å². The van der Waals surface area contributed by atoms with E-state index in [4.69, 9.17) is 14.2 Å². The maximum atomic E-state index is 13.9. The highest BCUT2D eigenvalue weighted by Gasteiger charge is 2.73. The number of phenolic OH excluding ortho intramolecular Hbond substituents is 1. The number of nitrogens with one attached hydrogen (secondary N) is 1. The molecule has 3 heterocycles. The van der Waals surface area contributed by atoms with Crippen molar-refractivity contribution < 1.29 is 29.2 Å². The van der Waals surface area contributed by atoms with Gasteiger partial charge in [0.15, 0.2) is 23.0 Å². The van der Waals surface area contributed by atoms with Crippen LogP contribution < -0.4 is 19.5 Å². The van der Waals surface area contributed by atoms with Gasteiger partial charge in [0.25, 0.3) is 0 Å². The topological polar surface area (TPSA) is 100 Å². The van der Waals surface area contributed by atoms with Crippen molar-refractivity contribution in [2.24, 2.45) is 5.92 Å². The first-order valence-electron chi connectivity index (χ1n) is 14.2. The molecule has 4 atom stereocenters. The summed E-state index contributed by atoms with van der Waals surface area (Å²) in [6.07, 6.45) is 3.43. The second-order valence-electron chi connectivity index (χ2n) is 12.5. The summed E-state index contributed by atoms with van der Waals surface area (Å²) >= 11 is 0. The number of aliphatic hydroxyl groups is 1. The molecule has 39 heavy (non-hydrogen) atoms. The van der Waals surface area contributed by atoms with E-state index in [-0.39, 0.29) is 37.0 Å². The van der Waals surface area contributed by atoms with Crippen LogP contribution in [0.3, 0.4) is 0 Å². The van der Waals surface area contributed by atoms with Crippen molar-refractivity contribution in [2.75, 3.05) is 19.9 Å². The molecule has 6 aliphatic rings. The average molecular weight is 531 g/mol. The summed E-state index contributed by atoms with van der Waals surface area (Å²) in [5, 5.41) is 27.1. The number of carbonyl (C=O) groups is 1. The Morgan fingerprint density at radius 3 is 2.79 bits per heavy atom. The Hall–Kier alpha value is -3.23. The van der Waals surface area contributed by atoms with E-state index in [1.807, 2.05) is 38.1 Å². The van der Waals surface area contributed by atoms with Gasteiger partial charge < -0.3 is 29.7 Å². The van der Waals surface area contributed by atoms with Gasteiger partial charge in [-0.2, -0.15) is 0 Å². The number of fused-ring (bicyclic) bond motifs is 1. The van der Waals surface area contributed by atoms with Gasteiger partial charge in [0, 0.05) is 41.8 Å². The van der Waals surface area contributed by atoms with Crippen LogP contribution in [0.15, 0.2) is 35.9 Å². The Labute approximate surface area is 227 Å². The lowest BCUT2D eigenvalue weighted by atomic mass is 9.48. The maximum absolute atomic E-state index is 13.9. The molecule has 8 nitrogen and oxygen atoms in total. The lowest BCUT2D eigenvalue weighted by Crippen LogP contribution is -2.75. The number of rotatable bonds is 5. The van der Waals surface area contributed by atoms with Gasteiger partial charge in [-0.25, -0.2) is 0 Å². The molecule has 8 rings (SSSR count). The number of piperidine rings is 1. The minimum atomic E-state index is -1.22. The number of benzene rings is 2. The summed E-state index contributed by atoms with van der Waals surface area (Å²) in [6.45, 7) is 5.86. The molecule has 3 N–H and O–H groups in total. The third-order valence-corrected chi connectivity index (χ3v) is 9.92. The normalized spacial score (nSPS) is 31.8. The van der Waals surface area contributed by atoms with Crippen LogP contribution in [0.5, 0.6) is 23.0 Å². The van der Waals surface area contributed by atoms with Crippen molar-refractivity contribution in [3.63, 3.8) is 0 Å². The van der Waals surface area contributed by atoms with Gasteiger partial charge in [-0.05, 0) is 81.3 Å². The Balaban J connectivity index is 1.37.